The molecule has 0 unspecified atom stereocenters. The topological polar surface area (TPSA) is 69.2 Å². The SMILES string of the molecule is Cc1cnn(C[C@H]2CN(Cc3noc(C4CC4)n3)CCO2)c1. The predicted molar refractivity (Wildman–Crippen MR) is 78.3 cm³/mol. The molecule has 1 saturated heterocycles. The van der Waals surface area contributed by atoms with E-state index in [1.165, 1.54) is 18.4 Å². The van der Waals surface area contributed by atoms with E-state index in [9.17, 15) is 0 Å². The van der Waals surface area contributed by atoms with Gasteiger partial charge in [-0.3, -0.25) is 9.58 Å². The molecule has 7 heteroatoms. The van der Waals surface area contributed by atoms with Gasteiger partial charge < -0.3 is 9.26 Å². The highest BCUT2D eigenvalue weighted by Crippen LogP contribution is 2.38. The zero-order valence-electron chi connectivity index (χ0n) is 12.8. The summed E-state index contributed by atoms with van der Waals surface area (Å²) < 4.78 is 13.1. The highest BCUT2D eigenvalue weighted by Gasteiger charge is 2.30. The van der Waals surface area contributed by atoms with E-state index in [2.05, 4.69) is 20.1 Å². The lowest BCUT2D eigenvalue weighted by atomic mass is 10.2. The maximum Gasteiger partial charge on any atom is 0.229 e. The van der Waals surface area contributed by atoms with Gasteiger partial charge in [-0.25, -0.2) is 0 Å². The zero-order valence-corrected chi connectivity index (χ0v) is 12.8. The van der Waals surface area contributed by atoms with Gasteiger partial charge in [-0.2, -0.15) is 10.1 Å². The summed E-state index contributed by atoms with van der Waals surface area (Å²) in [4.78, 5) is 6.83. The van der Waals surface area contributed by atoms with Crippen LogP contribution in [0.2, 0.25) is 0 Å². The van der Waals surface area contributed by atoms with Crippen LogP contribution in [-0.2, 0) is 17.8 Å². The number of nitrogens with zero attached hydrogens (tertiary/aromatic N) is 5. The van der Waals surface area contributed by atoms with Crippen molar-refractivity contribution in [3.8, 4) is 0 Å². The van der Waals surface area contributed by atoms with Gasteiger partial charge >= 0.3 is 0 Å². The van der Waals surface area contributed by atoms with Crippen LogP contribution in [-0.4, -0.2) is 50.6 Å². The molecule has 0 radical (unpaired) electrons. The summed E-state index contributed by atoms with van der Waals surface area (Å²) in [5.74, 6) is 2.12. The molecule has 2 aromatic rings. The normalized spacial score (nSPS) is 23.0. The van der Waals surface area contributed by atoms with Crippen LogP contribution in [0.4, 0.5) is 0 Å². The Morgan fingerprint density at radius 3 is 3.05 bits per heavy atom. The smallest absolute Gasteiger partial charge is 0.229 e. The third kappa shape index (κ3) is 3.20. The third-order valence-electron chi connectivity index (χ3n) is 4.15. The Morgan fingerprint density at radius 2 is 2.27 bits per heavy atom. The second-order valence-corrected chi connectivity index (χ2v) is 6.29. The molecule has 0 amide bonds. The lowest BCUT2D eigenvalue weighted by Gasteiger charge is -2.32. The van der Waals surface area contributed by atoms with Crippen molar-refractivity contribution in [3.63, 3.8) is 0 Å². The number of hydrogen-bond donors (Lipinski definition) is 0. The molecular formula is C15H21N5O2. The van der Waals surface area contributed by atoms with Crippen LogP contribution in [0.25, 0.3) is 0 Å². The number of morpholine rings is 1. The summed E-state index contributed by atoms with van der Waals surface area (Å²) >= 11 is 0. The van der Waals surface area contributed by atoms with Crippen LogP contribution < -0.4 is 0 Å². The number of rotatable bonds is 5. The van der Waals surface area contributed by atoms with Gasteiger partial charge in [0.25, 0.3) is 0 Å². The molecule has 2 fully saturated rings. The lowest BCUT2D eigenvalue weighted by molar-refractivity contribution is -0.0410. The van der Waals surface area contributed by atoms with Gasteiger partial charge in [-0.1, -0.05) is 5.16 Å². The molecule has 4 rings (SSSR count). The number of ether oxygens (including phenoxy) is 1. The van der Waals surface area contributed by atoms with Crippen LogP contribution >= 0.6 is 0 Å². The minimum absolute atomic E-state index is 0.155. The molecule has 0 N–H and O–H groups in total. The maximum atomic E-state index is 5.85. The van der Waals surface area contributed by atoms with E-state index in [0.29, 0.717) is 5.92 Å². The first-order chi connectivity index (χ1) is 10.8. The van der Waals surface area contributed by atoms with E-state index < -0.39 is 0 Å². The average molecular weight is 303 g/mol. The zero-order chi connectivity index (χ0) is 14.9. The fourth-order valence-corrected chi connectivity index (χ4v) is 2.84. The quantitative estimate of drug-likeness (QED) is 0.830. The number of hydrogen-bond acceptors (Lipinski definition) is 6. The Hall–Kier alpha value is -1.73. The minimum atomic E-state index is 0.155. The van der Waals surface area contributed by atoms with Crippen molar-refractivity contribution in [2.24, 2.45) is 0 Å². The largest absolute Gasteiger partial charge is 0.374 e. The second kappa shape index (κ2) is 5.81. The number of aromatic nitrogens is 4. The summed E-state index contributed by atoms with van der Waals surface area (Å²) in [6, 6.07) is 0. The Morgan fingerprint density at radius 1 is 1.36 bits per heavy atom. The van der Waals surface area contributed by atoms with Crippen molar-refractivity contribution < 1.29 is 9.26 Å². The molecule has 1 atom stereocenters. The van der Waals surface area contributed by atoms with Crippen molar-refractivity contribution in [2.45, 2.75) is 44.9 Å². The molecule has 22 heavy (non-hydrogen) atoms. The lowest BCUT2D eigenvalue weighted by Crippen LogP contribution is -2.43. The first-order valence-electron chi connectivity index (χ1n) is 7.92. The monoisotopic (exact) mass is 303 g/mol. The molecule has 118 valence electrons. The van der Waals surface area contributed by atoms with Crippen molar-refractivity contribution >= 4 is 0 Å². The minimum Gasteiger partial charge on any atom is -0.374 e. The van der Waals surface area contributed by atoms with Gasteiger partial charge in [0, 0.05) is 25.2 Å². The van der Waals surface area contributed by atoms with Crippen LogP contribution in [0.15, 0.2) is 16.9 Å². The molecule has 2 aliphatic rings. The highest BCUT2D eigenvalue weighted by atomic mass is 16.5. The van der Waals surface area contributed by atoms with Gasteiger partial charge in [0.1, 0.15) is 0 Å². The van der Waals surface area contributed by atoms with Gasteiger partial charge in [-0.05, 0) is 25.3 Å². The van der Waals surface area contributed by atoms with Crippen LogP contribution in [0.3, 0.4) is 0 Å². The molecular weight excluding hydrogens is 282 g/mol. The molecule has 7 nitrogen and oxygen atoms in total. The summed E-state index contributed by atoms with van der Waals surface area (Å²) in [5, 5.41) is 8.42. The Bertz CT molecular complexity index is 633. The Labute approximate surface area is 129 Å². The maximum absolute atomic E-state index is 5.85. The Kier molecular flexibility index (Phi) is 3.67. The summed E-state index contributed by atoms with van der Waals surface area (Å²) in [5.41, 5.74) is 1.17. The van der Waals surface area contributed by atoms with Crippen molar-refractivity contribution in [1.29, 1.82) is 0 Å². The van der Waals surface area contributed by atoms with Gasteiger partial charge in [0.05, 0.1) is 32.0 Å². The van der Waals surface area contributed by atoms with Crippen LogP contribution in [0.5, 0.6) is 0 Å². The van der Waals surface area contributed by atoms with Crippen molar-refractivity contribution in [3.05, 3.63) is 29.7 Å². The van der Waals surface area contributed by atoms with E-state index in [1.807, 2.05) is 24.0 Å². The fourth-order valence-electron chi connectivity index (χ4n) is 2.84. The Balaban J connectivity index is 1.33. The fraction of sp³-hybridized carbons (Fsp3) is 0.667. The molecule has 0 aromatic carbocycles. The standard InChI is InChI=1S/C15H21N5O2/c1-11-6-16-20(7-11)9-13-8-19(4-5-21-13)10-14-17-15(22-18-14)12-2-3-12/h6-7,12-13H,2-5,8-10H2,1H3/t13-/m1/s1. The summed E-state index contributed by atoms with van der Waals surface area (Å²) in [6.07, 6.45) is 6.44. The van der Waals surface area contributed by atoms with Gasteiger partial charge in [-0.15, -0.1) is 0 Å². The molecule has 1 aliphatic heterocycles. The van der Waals surface area contributed by atoms with Crippen LogP contribution in [0, 0.1) is 6.92 Å². The molecule has 0 bridgehead atoms. The predicted octanol–water partition coefficient (Wildman–Crippen LogP) is 1.35. The van der Waals surface area contributed by atoms with Gasteiger partial charge in [0.15, 0.2) is 5.82 Å². The first-order valence-corrected chi connectivity index (χ1v) is 7.92. The summed E-state index contributed by atoms with van der Waals surface area (Å²) in [6.45, 7) is 6.07. The van der Waals surface area contributed by atoms with E-state index in [-0.39, 0.29) is 6.10 Å². The van der Waals surface area contributed by atoms with E-state index in [4.69, 9.17) is 9.26 Å². The molecule has 3 heterocycles. The van der Waals surface area contributed by atoms with E-state index in [1.54, 1.807) is 0 Å². The molecule has 0 spiro atoms. The van der Waals surface area contributed by atoms with Crippen molar-refractivity contribution in [2.75, 3.05) is 19.7 Å². The third-order valence-corrected chi connectivity index (χ3v) is 4.15. The van der Waals surface area contributed by atoms with E-state index in [0.717, 1.165) is 44.5 Å². The number of aryl methyl sites for hydroxylation is 1. The molecule has 1 aliphatic carbocycles. The van der Waals surface area contributed by atoms with Crippen molar-refractivity contribution in [1.82, 2.24) is 24.8 Å². The average Bonchev–Trinajstić information content (AvgIpc) is 3.13. The highest BCUT2D eigenvalue weighted by molar-refractivity contribution is 5.02. The first kappa shape index (κ1) is 13.9. The summed E-state index contributed by atoms with van der Waals surface area (Å²) in [7, 11) is 0. The van der Waals surface area contributed by atoms with Gasteiger partial charge in [0.2, 0.25) is 5.89 Å². The second-order valence-electron chi connectivity index (χ2n) is 6.29. The molecule has 1 saturated carbocycles. The van der Waals surface area contributed by atoms with Crippen LogP contribution in [0.1, 0.15) is 36.0 Å². The molecule has 2 aromatic heterocycles. The van der Waals surface area contributed by atoms with E-state index >= 15 is 0 Å².